The van der Waals surface area contributed by atoms with E-state index >= 15 is 0 Å². The highest BCUT2D eigenvalue weighted by Crippen LogP contribution is 2.33. The first-order valence-electron chi connectivity index (χ1n) is 14.0. The van der Waals surface area contributed by atoms with Gasteiger partial charge in [0.05, 0.1) is 12.1 Å². The number of aliphatic hydroxyl groups excluding tert-OH is 2. The summed E-state index contributed by atoms with van der Waals surface area (Å²) in [5.74, 6) is 0.632. The number of rotatable bonds is 8. The van der Waals surface area contributed by atoms with E-state index in [2.05, 4.69) is 0 Å². The van der Waals surface area contributed by atoms with Gasteiger partial charge in [0.15, 0.2) is 0 Å². The number of nitrogens with zero attached hydrogens (tertiary/aromatic N) is 1. The van der Waals surface area contributed by atoms with Gasteiger partial charge in [-0.05, 0) is 66.2 Å². The zero-order chi connectivity index (χ0) is 27.1. The van der Waals surface area contributed by atoms with Gasteiger partial charge >= 0.3 is 12.2 Å². The largest absolute Gasteiger partial charge is 0.443 e. The van der Waals surface area contributed by atoms with E-state index < -0.39 is 47.7 Å². The SMILES string of the molecule is CC(C)(C)OC(=O)N(C(=O)OC(C)(C)C)[C@@H](CC1CCCCC1)[C@H](O)[C@H](O)[C@@H](N)CC1CCCCC1. The van der Waals surface area contributed by atoms with Crippen LogP contribution in [0.1, 0.15) is 119 Å². The molecule has 0 aromatic carbocycles. The second-order valence-electron chi connectivity index (χ2n) is 13.0. The third kappa shape index (κ3) is 10.2. The highest BCUT2D eigenvalue weighted by Gasteiger charge is 2.44. The topological polar surface area (TPSA) is 122 Å². The molecule has 36 heavy (non-hydrogen) atoms. The number of nitrogens with two attached hydrogens (primary N) is 1. The van der Waals surface area contributed by atoms with Crippen LogP contribution in [0, 0.1) is 11.8 Å². The number of carbonyl (C=O) groups is 2. The maximum atomic E-state index is 13.4. The van der Waals surface area contributed by atoms with Gasteiger partial charge in [0.2, 0.25) is 0 Å². The van der Waals surface area contributed by atoms with E-state index in [1.165, 1.54) is 6.42 Å². The molecular weight excluding hydrogens is 460 g/mol. The van der Waals surface area contributed by atoms with Crippen LogP contribution in [0.5, 0.6) is 0 Å². The van der Waals surface area contributed by atoms with Crippen molar-refractivity contribution in [3.8, 4) is 0 Å². The maximum absolute atomic E-state index is 13.4. The second kappa shape index (κ2) is 13.4. The first-order valence-corrected chi connectivity index (χ1v) is 14.0. The molecule has 0 radical (unpaired) electrons. The van der Waals surface area contributed by atoms with E-state index in [0.29, 0.717) is 18.8 Å². The molecule has 2 saturated carbocycles. The van der Waals surface area contributed by atoms with Crippen LogP contribution >= 0.6 is 0 Å². The number of hydrogen-bond acceptors (Lipinski definition) is 7. The maximum Gasteiger partial charge on any atom is 0.420 e. The van der Waals surface area contributed by atoms with Crippen molar-refractivity contribution in [3.05, 3.63) is 0 Å². The lowest BCUT2D eigenvalue weighted by Gasteiger charge is -2.40. The van der Waals surface area contributed by atoms with Gasteiger partial charge in [0.25, 0.3) is 0 Å². The fourth-order valence-electron chi connectivity index (χ4n) is 5.56. The third-order valence-corrected chi connectivity index (χ3v) is 7.32. The van der Waals surface area contributed by atoms with Gasteiger partial charge in [0.1, 0.15) is 17.3 Å². The first kappa shape index (κ1) is 30.8. The van der Waals surface area contributed by atoms with Gasteiger partial charge in [-0.2, -0.15) is 0 Å². The summed E-state index contributed by atoms with van der Waals surface area (Å²) < 4.78 is 11.2. The molecule has 4 N–H and O–H groups in total. The molecule has 0 heterocycles. The molecule has 2 fully saturated rings. The summed E-state index contributed by atoms with van der Waals surface area (Å²) in [6.07, 6.45) is 7.37. The van der Waals surface area contributed by atoms with Crippen LogP contribution < -0.4 is 5.73 Å². The lowest BCUT2D eigenvalue weighted by molar-refractivity contribution is -0.0673. The Bertz CT molecular complexity index is 661. The van der Waals surface area contributed by atoms with E-state index in [4.69, 9.17) is 15.2 Å². The Labute approximate surface area is 218 Å². The van der Waals surface area contributed by atoms with Gasteiger partial charge in [0, 0.05) is 6.04 Å². The van der Waals surface area contributed by atoms with Gasteiger partial charge in [-0.15, -0.1) is 0 Å². The molecule has 210 valence electrons. The molecule has 4 atom stereocenters. The van der Waals surface area contributed by atoms with Crippen LogP contribution in [0.3, 0.4) is 0 Å². The van der Waals surface area contributed by atoms with E-state index in [1.807, 2.05) is 0 Å². The Hall–Kier alpha value is -1.38. The van der Waals surface area contributed by atoms with Crippen molar-refractivity contribution in [1.82, 2.24) is 4.90 Å². The van der Waals surface area contributed by atoms with Crippen molar-refractivity contribution in [3.63, 3.8) is 0 Å². The van der Waals surface area contributed by atoms with Crippen molar-refractivity contribution < 1.29 is 29.3 Å². The van der Waals surface area contributed by atoms with Crippen molar-refractivity contribution in [2.45, 2.75) is 154 Å². The third-order valence-electron chi connectivity index (χ3n) is 7.32. The number of aliphatic hydroxyl groups is 2. The van der Waals surface area contributed by atoms with E-state index in [1.54, 1.807) is 41.5 Å². The van der Waals surface area contributed by atoms with Crippen molar-refractivity contribution in [2.24, 2.45) is 17.6 Å². The van der Waals surface area contributed by atoms with E-state index in [9.17, 15) is 19.8 Å². The first-order chi connectivity index (χ1) is 16.7. The molecule has 0 bridgehead atoms. The number of carbonyl (C=O) groups excluding carboxylic acids is 2. The molecule has 2 rings (SSSR count). The highest BCUT2D eigenvalue weighted by molar-refractivity contribution is 5.88. The fraction of sp³-hybridized carbons (Fsp3) is 0.929. The van der Waals surface area contributed by atoms with Gasteiger partial charge < -0.3 is 25.4 Å². The number of ether oxygens (including phenoxy) is 2. The van der Waals surface area contributed by atoms with Gasteiger partial charge in [-0.3, -0.25) is 0 Å². The minimum Gasteiger partial charge on any atom is -0.443 e. The minimum atomic E-state index is -1.41. The summed E-state index contributed by atoms with van der Waals surface area (Å²) >= 11 is 0. The molecule has 0 aromatic heterocycles. The molecule has 8 nitrogen and oxygen atoms in total. The number of hydrogen-bond donors (Lipinski definition) is 3. The van der Waals surface area contributed by atoms with Crippen LogP contribution in [0.4, 0.5) is 9.59 Å². The van der Waals surface area contributed by atoms with Crippen molar-refractivity contribution in [1.29, 1.82) is 0 Å². The Morgan fingerprint density at radius 2 is 1.14 bits per heavy atom. The lowest BCUT2D eigenvalue weighted by Crippen LogP contribution is -2.59. The second-order valence-corrected chi connectivity index (χ2v) is 13.0. The van der Waals surface area contributed by atoms with Crippen molar-refractivity contribution in [2.75, 3.05) is 0 Å². The predicted molar refractivity (Wildman–Crippen MR) is 140 cm³/mol. The Kier molecular flexibility index (Phi) is 11.5. The Morgan fingerprint density at radius 3 is 1.53 bits per heavy atom. The summed E-state index contributed by atoms with van der Waals surface area (Å²) in [7, 11) is 0. The van der Waals surface area contributed by atoms with E-state index in [0.717, 1.165) is 62.7 Å². The molecule has 0 saturated heterocycles. The summed E-state index contributed by atoms with van der Waals surface area (Å²) in [6.45, 7) is 10.3. The Morgan fingerprint density at radius 1 is 0.750 bits per heavy atom. The number of imide groups is 1. The summed E-state index contributed by atoms with van der Waals surface area (Å²) in [5, 5.41) is 22.7. The average molecular weight is 513 g/mol. The standard InChI is InChI=1S/C28H52N2O6/c1-27(2,3)35-25(33)30(26(34)36-28(4,5)6)22(18-20-15-11-8-12-16-20)24(32)23(31)21(29)17-19-13-9-7-10-14-19/h19-24,31-32H,7-18,29H2,1-6H3/t21-,22-,23+,24-/m0/s1. The normalized spacial score (nSPS) is 21.8. The monoisotopic (exact) mass is 512 g/mol. The van der Waals surface area contributed by atoms with Crippen LogP contribution in [0.25, 0.3) is 0 Å². The predicted octanol–water partition coefficient (Wildman–Crippen LogP) is 5.52. The quantitative estimate of drug-likeness (QED) is 0.391. The molecule has 2 aliphatic carbocycles. The smallest absolute Gasteiger partial charge is 0.420 e. The van der Waals surface area contributed by atoms with Crippen LogP contribution in [-0.4, -0.2) is 62.8 Å². The molecule has 0 aliphatic heterocycles. The zero-order valence-corrected chi connectivity index (χ0v) is 23.5. The molecule has 0 spiro atoms. The van der Waals surface area contributed by atoms with Gasteiger partial charge in [-0.25, -0.2) is 14.5 Å². The summed E-state index contributed by atoms with van der Waals surface area (Å²) in [6, 6.07) is -1.67. The molecule has 8 heteroatoms. The molecule has 2 aliphatic rings. The van der Waals surface area contributed by atoms with Crippen molar-refractivity contribution >= 4 is 12.2 Å². The van der Waals surface area contributed by atoms with Crippen LogP contribution in [-0.2, 0) is 9.47 Å². The summed E-state index contributed by atoms with van der Waals surface area (Å²) in [5.41, 5.74) is 4.71. The zero-order valence-electron chi connectivity index (χ0n) is 23.5. The van der Waals surface area contributed by atoms with Crippen LogP contribution in [0.2, 0.25) is 0 Å². The summed E-state index contributed by atoms with van der Waals surface area (Å²) in [4.78, 5) is 27.6. The lowest BCUT2D eigenvalue weighted by atomic mass is 9.80. The fourth-order valence-corrected chi connectivity index (χ4v) is 5.56. The van der Waals surface area contributed by atoms with E-state index in [-0.39, 0.29) is 5.92 Å². The molecular formula is C28H52N2O6. The number of amides is 2. The Balaban J connectivity index is 2.33. The molecule has 0 aromatic rings. The molecule has 2 amide bonds. The van der Waals surface area contributed by atoms with Crippen LogP contribution in [0.15, 0.2) is 0 Å². The van der Waals surface area contributed by atoms with Gasteiger partial charge in [-0.1, -0.05) is 64.2 Å². The average Bonchev–Trinajstić information content (AvgIpc) is 2.76. The highest BCUT2D eigenvalue weighted by atomic mass is 16.6. The molecule has 0 unspecified atom stereocenters. The minimum absolute atomic E-state index is 0.215.